The molecule has 1 aliphatic rings. The molecule has 0 aromatic rings. The van der Waals surface area contributed by atoms with E-state index >= 15 is 0 Å². The number of carbonyl (C=O) groups is 1. The Hall–Kier alpha value is -1.84. The average molecular weight is 552 g/mol. The number of alkyl halides is 17. The molecule has 0 saturated carbocycles. The molecule has 1 rings (SSSR count). The van der Waals surface area contributed by atoms with Crippen molar-refractivity contribution in [2.75, 3.05) is 13.2 Å². The Bertz CT molecular complexity index is 753. The van der Waals surface area contributed by atoms with Gasteiger partial charge in [0.25, 0.3) is 0 Å². The molecule has 1 saturated heterocycles. The highest BCUT2D eigenvalue weighted by atomic mass is 19.4. The molecule has 0 aliphatic carbocycles. The molecular formula is C12H5F17O5. The molecule has 34 heavy (non-hydrogen) atoms. The fraction of sp³-hybridized carbons (Fsp3) is 0.917. The predicted octanol–water partition coefficient (Wildman–Crippen LogP) is 4.80. The number of carbonyl (C=O) groups excluding carboxylic acids is 1. The van der Waals surface area contributed by atoms with Crippen LogP contribution in [0.1, 0.15) is 0 Å². The van der Waals surface area contributed by atoms with Gasteiger partial charge in [-0.3, -0.25) is 9.47 Å². The van der Waals surface area contributed by atoms with Crippen molar-refractivity contribution in [3.05, 3.63) is 0 Å². The van der Waals surface area contributed by atoms with Gasteiger partial charge in [0.05, 0.1) is 6.61 Å². The van der Waals surface area contributed by atoms with E-state index in [2.05, 4.69) is 9.47 Å². The second kappa shape index (κ2) is 8.38. The zero-order valence-corrected chi connectivity index (χ0v) is 15.0. The first-order valence-electron chi connectivity index (χ1n) is 7.57. The molecule has 22 heteroatoms. The molecule has 5 nitrogen and oxygen atoms in total. The van der Waals surface area contributed by atoms with Crippen molar-refractivity contribution >= 4 is 5.97 Å². The van der Waals surface area contributed by atoms with Crippen molar-refractivity contribution in [2.45, 2.75) is 54.5 Å². The van der Waals surface area contributed by atoms with Crippen LogP contribution in [-0.4, -0.2) is 73.7 Å². The third-order valence-corrected chi connectivity index (χ3v) is 3.43. The van der Waals surface area contributed by atoms with Gasteiger partial charge in [0.2, 0.25) is 0 Å². The Kier molecular flexibility index (Phi) is 7.44. The van der Waals surface area contributed by atoms with E-state index in [1.54, 1.807) is 0 Å². The molecule has 1 fully saturated rings. The lowest BCUT2D eigenvalue weighted by atomic mass is 10.2. The van der Waals surface area contributed by atoms with Gasteiger partial charge in [0.15, 0.2) is 0 Å². The van der Waals surface area contributed by atoms with Gasteiger partial charge in [-0.05, 0) is 0 Å². The fourth-order valence-corrected chi connectivity index (χ4v) is 1.57. The van der Waals surface area contributed by atoms with Gasteiger partial charge in [-0.1, -0.05) is 0 Å². The summed E-state index contributed by atoms with van der Waals surface area (Å²) < 4.78 is 230. The molecule has 0 aromatic carbocycles. The van der Waals surface area contributed by atoms with E-state index in [0.29, 0.717) is 0 Å². The standard InChI is InChI=1S/C12H5F17O5/c13-5(8(17,18)19,4(30)32-2-3-1-31-3)33-12(28,29)7(16,10(23,24)25)34-11(26,27)6(14,15)9(20,21)22/h3H,1-2H2. The van der Waals surface area contributed by atoms with Gasteiger partial charge in [-0.25, -0.2) is 4.79 Å². The summed E-state index contributed by atoms with van der Waals surface area (Å²) in [6.45, 7) is -1.75. The van der Waals surface area contributed by atoms with Gasteiger partial charge in [0, 0.05) is 0 Å². The third kappa shape index (κ3) is 5.36. The fourth-order valence-electron chi connectivity index (χ4n) is 1.57. The van der Waals surface area contributed by atoms with Crippen molar-refractivity contribution in [1.29, 1.82) is 0 Å². The topological polar surface area (TPSA) is 57.3 Å². The van der Waals surface area contributed by atoms with Crippen LogP contribution < -0.4 is 0 Å². The minimum Gasteiger partial charge on any atom is -0.458 e. The van der Waals surface area contributed by atoms with Gasteiger partial charge in [-0.15, -0.1) is 0 Å². The van der Waals surface area contributed by atoms with E-state index in [1.165, 1.54) is 4.74 Å². The molecule has 0 aromatic heterocycles. The second-order valence-electron chi connectivity index (χ2n) is 6.05. The first-order valence-corrected chi connectivity index (χ1v) is 7.57. The van der Waals surface area contributed by atoms with Crippen LogP contribution >= 0.6 is 0 Å². The predicted molar refractivity (Wildman–Crippen MR) is 63.6 cm³/mol. The van der Waals surface area contributed by atoms with Crippen LogP contribution in [0.15, 0.2) is 0 Å². The lowest BCUT2D eigenvalue weighted by molar-refractivity contribution is -0.548. The first-order chi connectivity index (χ1) is 14.7. The molecule has 0 spiro atoms. The Labute approximate surface area is 173 Å². The number of esters is 1. The monoisotopic (exact) mass is 552 g/mol. The SMILES string of the molecule is O=C(OCC1CO1)C(F)(OC(F)(F)C(F)(OC(F)(F)C(F)(F)C(F)(F)F)C(F)(F)F)C(F)(F)F. The molecule has 1 heterocycles. The summed E-state index contributed by atoms with van der Waals surface area (Å²) in [6.07, 6.45) is -39.8. The van der Waals surface area contributed by atoms with Crippen LogP contribution in [0.4, 0.5) is 74.6 Å². The highest BCUT2D eigenvalue weighted by Crippen LogP contribution is 2.56. The summed E-state index contributed by atoms with van der Waals surface area (Å²) in [5.74, 6) is -26.5. The number of hydrogen-bond acceptors (Lipinski definition) is 5. The largest absolute Gasteiger partial charge is 0.462 e. The smallest absolute Gasteiger partial charge is 0.458 e. The summed E-state index contributed by atoms with van der Waals surface area (Å²) in [5.41, 5.74) is 0. The van der Waals surface area contributed by atoms with Gasteiger partial charge < -0.3 is 9.47 Å². The molecule has 0 N–H and O–H groups in total. The lowest BCUT2D eigenvalue weighted by Gasteiger charge is -2.39. The van der Waals surface area contributed by atoms with Gasteiger partial charge in [-0.2, -0.15) is 74.6 Å². The third-order valence-electron chi connectivity index (χ3n) is 3.43. The molecule has 202 valence electrons. The lowest BCUT2D eigenvalue weighted by Crippen LogP contribution is -2.68. The van der Waals surface area contributed by atoms with E-state index < -0.39 is 67.1 Å². The zero-order chi connectivity index (χ0) is 27.4. The maximum atomic E-state index is 14.0. The van der Waals surface area contributed by atoms with Gasteiger partial charge in [0.1, 0.15) is 12.7 Å². The van der Waals surface area contributed by atoms with Crippen LogP contribution in [0.3, 0.4) is 0 Å². The molecule has 1 aliphatic heterocycles. The van der Waals surface area contributed by atoms with Crippen LogP contribution in [0.25, 0.3) is 0 Å². The minimum absolute atomic E-state index is 0.367. The number of epoxide rings is 1. The summed E-state index contributed by atoms with van der Waals surface area (Å²) in [4.78, 5) is 11.2. The van der Waals surface area contributed by atoms with E-state index in [1.807, 2.05) is 4.74 Å². The summed E-state index contributed by atoms with van der Waals surface area (Å²) in [5, 5.41) is 0. The van der Waals surface area contributed by atoms with Crippen molar-refractivity contribution < 1.29 is 98.4 Å². The van der Waals surface area contributed by atoms with Crippen LogP contribution in [-0.2, 0) is 23.7 Å². The first kappa shape index (κ1) is 30.2. The maximum absolute atomic E-state index is 14.0. The zero-order valence-electron chi connectivity index (χ0n) is 15.0. The molecule has 3 unspecified atom stereocenters. The Balaban J connectivity index is 3.50. The molecule has 0 radical (unpaired) electrons. The van der Waals surface area contributed by atoms with Crippen LogP contribution in [0.5, 0.6) is 0 Å². The van der Waals surface area contributed by atoms with E-state index in [9.17, 15) is 79.4 Å². The normalized spacial score (nSPS) is 22.1. The van der Waals surface area contributed by atoms with E-state index in [4.69, 9.17) is 0 Å². The number of ether oxygens (including phenoxy) is 4. The second-order valence-corrected chi connectivity index (χ2v) is 6.05. The van der Waals surface area contributed by atoms with Crippen molar-refractivity contribution in [1.82, 2.24) is 0 Å². The Morgan fingerprint density at radius 2 is 1.12 bits per heavy atom. The summed E-state index contributed by atoms with van der Waals surface area (Å²) in [6, 6.07) is 0. The molecule has 0 amide bonds. The average Bonchev–Trinajstić information content (AvgIpc) is 3.39. The summed E-state index contributed by atoms with van der Waals surface area (Å²) >= 11 is 0. The maximum Gasteiger partial charge on any atom is 0.462 e. The molecule has 3 atom stereocenters. The Morgan fingerprint density at radius 1 is 0.676 bits per heavy atom. The van der Waals surface area contributed by atoms with Crippen LogP contribution in [0.2, 0.25) is 0 Å². The van der Waals surface area contributed by atoms with Crippen LogP contribution in [0, 0.1) is 0 Å². The van der Waals surface area contributed by atoms with Crippen molar-refractivity contribution in [3.8, 4) is 0 Å². The highest BCUT2D eigenvalue weighted by molar-refractivity contribution is 5.79. The highest BCUT2D eigenvalue weighted by Gasteiger charge is 2.85. The summed E-state index contributed by atoms with van der Waals surface area (Å²) in [7, 11) is 0. The molecule has 0 bridgehead atoms. The number of hydrogen-bond donors (Lipinski definition) is 0. The van der Waals surface area contributed by atoms with E-state index in [-0.39, 0.29) is 6.61 Å². The number of halogens is 17. The van der Waals surface area contributed by atoms with Crippen molar-refractivity contribution in [3.63, 3.8) is 0 Å². The molecular weight excluding hydrogens is 547 g/mol. The van der Waals surface area contributed by atoms with E-state index in [0.717, 1.165) is 0 Å². The number of rotatable bonds is 9. The quantitative estimate of drug-likeness (QED) is 0.234. The minimum atomic E-state index is -8.05. The van der Waals surface area contributed by atoms with Gasteiger partial charge >= 0.3 is 54.3 Å². The Morgan fingerprint density at radius 3 is 1.44 bits per heavy atom. The van der Waals surface area contributed by atoms with Crippen molar-refractivity contribution in [2.24, 2.45) is 0 Å².